The fourth-order valence-corrected chi connectivity index (χ4v) is 2.63. The van der Waals surface area contributed by atoms with Gasteiger partial charge in [0.1, 0.15) is 5.82 Å². The minimum Gasteiger partial charge on any atom is -0.207 e. The molecule has 0 heterocycles. The van der Waals surface area contributed by atoms with E-state index in [1.54, 1.807) is 6.07 Å². The van der Waals surface area contributed by atoms with Gasteiger partial charge in [0.15, 0.2) is 0 Å². The molecule has 1 unspecified atom stereocenters. The second kappa shape index (κ2) is 4.43. The SMILES string of the molecule is CC(Br)CC(C)(C)c1ccccc1F. The Labute approximate surface area is 93.7 Å². The van der Waals surface area contributed by atoms with E-state index in [2.05, 4.69) is 36.7 Å². The summed E-state index contributed by atoms with van der Waals surface area (Å²) in [5, 5.41) is 0. The van der Waals surface area contributed by atoms with Crippen LogP contribution in [0.25, 0.3) is 0 Å². The second-order valence-electron chi connectivity index (χ2n) is 4.35. The topological polar surface area (TPSA) is 0 Å². The minimum atomic E-state index is -0.117. The molecule has 0 radical (unpaired) electrons. The van der Waals surface area contributed by atoms with E-state index in [0.29, 0.717) is 4.83 Å². The summed E-state index contributed by atoms with van der Waals surface area (Å²) in [7, 11) is 0. The average Bonchev–Trinajstić information content (AvgIpc) is 2.02. The Morgan fingerprint density at radius 1 is 1.36 bits per heavy atom. The molecule has 0 aliphatic heterocycles. The Hall–Kier alpha value is -0.370. The van der Waals surface area contributed by atoms with Crippen molar-refractivity contribution < 1.29 is 4.39 Å². The summed E-state index contributed by atoms with van der Waals surface area (Å²) in [6, 6.07) is 7.01. The summed E-state index contributed by atoms with van der Waals surface area (Å²) < 4.78 is 13.5. The van der Waals surface area contributed by atoms with Gasteiger partial charge in [-0.15, -0.1) is 0 Å². The molecule has 0 bridgehead atoms. The van der Waals surface area contributed by atoms with Crippen LogP contribution in [0.15, 0.2) is 24.3 Å². The van der Waals surface area contributed by atoms with Gasteiger partial charge in [-0.05, 0) is 23.5 Å². The highest BCUT2D eigenvalue weighted by Crippen LogP contribution is 2.31. The van der Waals surface area contributed by atoms with Crippen molar-refractivity contribution in [3.63, 3.8) is 0 Å². The maximum Gasteiger partial charge on any atom is 0.126 e. The van der Waals surface area contributed by atoms with Gasteiger partial charge in [0.25, 0.3) is 0 Å². The fraction of sp³-hybridized carbons (Fsp3) is 0.500. The quantitative estimate of drug-likeness (QED) is 0.711. The average molecular weight is 259 g/mol. The van der Waals surface area contributed by atoms with Crippen LogP contribution in [0.4, 0.5) is 4.39 Å². The molecule has 1 rings (SSSR count). The molecule has 0 nitrogen and oxygen atoms in total. The molecule has 1 aromatic carbocycles. The molecular formula is C12H16BrF. The summed E-state index contributed by atoms with van der Waals surface area (Å²) in [4.78, 5) is 0.400. The van der Waals surface area contributed by atoms with Crippen molar-refractivity contribution in [2.45, 2.75) is 37.4 Å². The Morgan fingerprint density at radius 3 is 2.43 bits per heavy atom. The molecule has 14 heavy (non-hydrogen) atoms. The minimum absolute atomic E-state index is 0.106. The highest BCUT2D eigenvalue weighted by atomic mass is 79.9. The van der Waals surface area contributed by atoms with Crippen LogP contribution >= 0.6 is 15.9 Å². The summed E-state index contributed by atoms with van der Waals surface area (Å²) in [6.45, 7) is 6.23. The highest BCUT2D eigenvalue weighted by molar-refractivity contribution is 9.09. The smallest absolute Gasteiger partial charge is 0.126 e. The molecule has 0 saturated carbocycles. The van der Waals surface area contributed by atoms with Crippen LogP contribution in [0.3, 0.4) is 0 Å². The monoisotopic (exact) mass is 258 g/mol. The molecule has 78 valence electrons. The normalized spacial score (nSPS) is 14.1. The third kappa shape index (κ3) is 2.81. The first-order valence-corrected chi connectivity index (χ1v) is 5.74. The van der Waals surface area contributed by atoms with E-state index >= 15 is 0 Å². The molecule has 0 N–H and O–H groups in total. The van der Waals surface area contributed by atoms with Gasteiger partial charge >= 0.3 is 0 Å². The lowest BCUT2D eigenvalue weighted by Crippen LogP contribution is -2.22. The molecule has 2 heteroatoms. The zero-order valence-electron chi connectivity index (χ0n) is 8.85. The lowest BCUT2D eigenvalue weighted by atomic mass is 9.80. The number of rotatable bonds is 3. The summed E-state index contributed by atoms with van der Waals surface area (Å²) in [5.74, 6) is -0.106. The van der Waals surface area contributed by atoms with E-state index in [0.717, 1.165) is 12.0 Å². The first-order chi connectivity index (χ1) is 6.43. The predicted molar refractivity (Wildman–Crippen MR) is 62.4 cm³/mol. The van der Waals surface area contributed by atoms with Gasteiger partial charge in [-0.1, -0.05) is 54.9 Å². The lowest BCUT2D eigenvalue weighted by molar-refractivity contribution is 0.452. The predicted octanol–water partition coefficient (Wildman–Crippen LogP) is 4.28. The zero-order valence-corrected chi connectivity index (χ0v) is 10.4. The van der Waals surface area contributed by atoms with Gasteiger partial charge in [0, 0.05) is 4.83 Å². The van der Waals surface area contributed by atoms with Gasteiger partial charge in [-0.2, -0.15) is 0 Å². The molecule has 1 aromatic rings. The van der Waals surface area contributed by atoms with Crippen LogP contribution < -0.4 is 0 Å². The first kappa shape index (κ1) is 11.7. The van der Waals surface area contributed by atoms with E-state index in [-0.39, 0.29) is 11.2 Å². The van der Waals surface area contributed by atoms with E-state index < -0.39 is 0 Å². The number of hydrogen-bond acceptors (Lipinski definition) is 0. The maximum atomic E-state index is 13.5. The van der Waals surface area contributed by atoms with Crippen molar-refractivity contribution in [2.24, 2.45) is 0 Å². The summed E-state index contributed by atoms with van der Waals surface area (Å²) in [6.07, 6.45) is 0.925. The van der Waals surface area contributed by atoms with Gasteiger partial charge in [0.05, 0.1) is 0 Å². The largest absolute Gasteiger partial charge is 0.207 e. The van der Waals surface area contributed by atoms with Crippen molar-refractivity contribution in [1.82, 2.24) is 0 Å². The molecule has 0 fully saturated rings. The van der Waals surface area contributed by atoms with Crippen LogP contribution in [0.2, 0.25) is 0 Å². The van der Waals surface area contributed by atoms with E-state index in [1.165, 1.54) is 6.07 Å². The van der Waals surface area contributed by atoms with E-state index in [1.807, 2.05) is 12.1 Å². The van der Waals surface area contributed by atoms with Crippen LogP contribution in [0.5, 0.6) is 0 Å². The molecule has 1 atom stereocenters. The standard InChI is InChI=1S/C12H16BrF/c1-9(13)8-12(2,3)10-6-4-5-7-11(10)14/h4-7,9H,8H2,1-3H3. The fourth-order valence-electron chi connectivity index (χ4n) is 1.82. The maximum absolute atomic E-state index is 13.5. The first-order valence-electron chi connectivity index (χ1n) is 4.82. The van der Waals surface area contributed by atoms with Crippen LogP contribution in [-0.4, -0.2) is 4.83 Å². The van der Waals surface area contributed by atoms with Crippen LogP contribution in [-0.2, 0) is 5.41 Å². The Bertz CT molecular complexity index is 305. The van der Waals surface area contributed by atoms with Crippen LogP contribution in [0.1, 0.15) is 32.8 Å². The number of benzene rings is 1. The number of halogens is 2. The van der Waals surface area contributed by atoms with Crippen molar-refractivity contribution >= 4 is 15.9 Å². The molecule has 0 aliphatic rings. The Kier molecular flexibility index (Phi) is 3.71. The second-order valence-corrected chi connectivity index (χ2v) is 5.91. The van der Waals surface area contributed by atoms with Crippen LogP contribution in [0, 0.1) is 5.82 Å². The Balaban J connectivity index is 2.97. The molecule has 0 spiro atoms. The molecule has 0 saturated heterocycles. The third-order valence-corrected chi connectivity index (χ3v) is 2.72. The summed E-state index contributed by atoms with van der Waals surface area (Å²) >= 11 is 3.51. The van der Waals surface area contributed by atoms with Crippen molar-refractivity contribution in [1.29, 1.82) is 0 Å². The van der Waals surface area contributed by atoms with E-state index in [4.69, 9.17) is 0 Å². The molecule has 0 amide bonds. The molecular weight excluding hydrogens is 243 g/mol. The van der Waals surface area contributed by atoms with Gasteiger partial charge in [-0.3, -0.25) is 0 Å². The van der Waals surface area contributed by atoms with Crippen molar-refractivity contribution in [3.8, 4) is 0 Å². The Morgan fingerprint density at radius 2 is 1.93 bits per heavy atom. The van der Waals surface area contributed by atoms with Gasteiger partial charge in [0.2, 0.25) is 0 Å². The van der Waals surface area contributed by atoms with Gasteiger partial charge in [-0.25, -0.2) is 4.39 Å². The van der Waals surface area contributed by atoms with Crippen molar-refractivity contribution in [3.05, 3.63) is 35.6 Å². The summed E-state index contributed by atoms with van der Waals surface area (Å²) in [5.41, 5.74) is 0.681. The molecule has 0 aliphatic carbocycles. The number of alkyl halides is 1. The zero-order chi connectivity index (χ0) is 10.8. The highest BCUT2D eigenvalue weighted by Gasteiger charge is 2.25. The molecule has 0 aromatic heterocycles. The number of hydrogen-bond donors (Lipinski definition) is 0. The van der Waals surface area contributed by atoms with Gasteiger partial charge < -0.3 is 0 Å². The third-order valence-electron chi connectivity index (χ3n) is 2.39. The van der Waals surface area contributed by atoms with Crippen molar-refractivity contribution in [2.75, 3.05) is 0 Å². The lowest BCUT2D eigenvalue weighted by Gasteiger charge is -2.27. The van der Waals surface area contributed by atoms with E-state index in [9.17, 15) is 4.39 Å².